The van der Waals surface area contributed by atoms with Crippen molar-refractivity contribution in [1.82, 2.24) is 28.7 Å². The first-order valence-corrected chi connectivity index (χ1v) is 21.0. The second-order valence-electron chi connectivity index (χ2n) is 13.5. The van der Waals surface area contributed by atoms with Gasteiger partial charge in [0, 0.05) is 54.5 Å². The first-order chi connectivity index (χ1) is 26.5. The summed E-state index contributed by atoms with van der Waals surface area (Å²) >= 11 is 1.47. The van der Waals surface area contributed by atoms with E-state index >= 15 is 0 Å². The summed E-state index contributed by atoms with van der Waals surface area (Å²) in [5, 5.41) is 6.30. The van der Waals surface area contributed by atoms with Crippen molar-refractivity contribution in [1.29, 1.82) is 0 Å². The summed E-state index contributed by atoms with van der Waals surface area (Å²) in [4.78, 5) is 25.5. The number of esters is 1. The van der Waals surface area contributed by atoms with Gasteiger partial charge in [0.1, 0.15) is 17.9 Å². The van der Waals surface area contributed by atoms with E-state index in [0.717, 1.165) is 49.0 Å². The fourth-order valence-corrected chi connectivity index (χ4v) is 7.26. The molecule has 0 aliphatic heterocycles. The molecule has 4 heterocycles. The molecule has 0 saturated heterocycles. The Balaban J connectivity index is 1.04. The van der Waals surface area contributed by atoms with Crippen molar-refractivity contribution in [3.05, 3.63) is 73.3 Å². The number of carbonyl (C=O) groups is 1. The normalized spacial score (nSPS) is 12.1. The second-order valence-corrected chi connectivity index (χ2v) is 16.1. The average molecular weight is 795 g/mol. The summed E-state index contributed by atoms with van der Waals surface area (Å²) in [5.41, 5.74) is 2.90. The molecule has 0 unspecified atom stereocenters. The Morgan fingerprint density at radius 3 is 2.24 bits per heavy atom. The van der Waals surface area contributed by atoms with Crippen molar-refractivity contribution < 1.29 is 36.9 Å². The Labute approximate surface area is 327 Å². The predicted octanol–water partition coefficient (Wildman–Crippen LogP) is 6.28. The number of aromatic nitrogens is 6. The number of fused-ring (bicyclic) bond motifs is 1. The lowest BCUT2D eigenvalue weighted by atomic mass is 10.1. The first kappa shape index (κ1) is 42.0. The SMILES string of the molecule is CSc1nccc(-c2cn(CCCCCCOCCOCCOCCOCC(=O)OC(C)(C)C)nc2-c2cnc3c(ccn3S(=O)(=O)c3ccccc3)c2)n1. The molecule has 0 saturated carbocycles. The molecular weight excluding hydrogens is 745 g/mol. The van der Waals surface area contributed by atoms with Gasteiger partial charge in [0.05, 0.1) is 50.2 Å². The molecule has 16 heteroatoms. The molecule has 0 spiro atoms. The number of thioether (sulfide) groups is 1. The number of unbranched alkanes of at least 4 members (excludes halogenated alkanes) is 3. The van der Waals surface area contributed by atoms with E-state index in [-0.39, 0.29) is 11.5 Å². The topological polar surface area (TPSA) is 159 Å². The van der Waals surface area contributed by atoms with Crippen LogP contribution in [0.4, 0.5) is 0 Å². The van der Waals surface area contributed by atoms with Crippen molar-refractivity contribution in [2.45, 2.75) is 68.7 Å². The van der Waals surface area contributed by atoms with Crippen LogP contribution in [0, 0.1) is 0 Å². The Morgan fingerprint density at radius 1 is 0.836 bits per heavy atom. The zero-order chi connectivity index (χ0) is 39.1. The van der Waals surface area contributed by atoms with Gasteiger partial charge >= 0.3 is 5.97 Å². The van der Waals surface area contributed by atoms with Gasteiger partial charge in [-0.3, -0.25) is 4.68 Å². The zero-order valence-corrected chi connectivity index (χ0v) is 33.5. The highest BCUT2D eigenvalue weighted by atomic mass is 32.2. The molecule has 0 amide bonds. The molecule has 0 bridgehead atoms. The monoisotopic (exact) mass is 794 g/mol. The summed E-state index contributed by atoms with van der Waals surface area (Å²) in [7, 11) is -3.80. The van der Waals surface area contributed by atoms with E-state index < -0.39 is 21.6 Å². The maximum atomic E-state index is 13.4. The number of pyridine rings is 1. The third-order valence-electron chi connectivity index (χ3n) is 8.10. The Bertz CT molecular complexity index is 2070. The molecule has 4 aromatic heterocycles. The van der Waals surface area contributed by atoms with E-state index in [1.807, 2.05) is 50.0 Å². The molecule has 5 aromatic rings. The van der Waals surface area contributed by atoms with Crippen molar-refractivity contribution in [2.75, 3.05) is 59.1 Å². The van der Waals surface area contributed by atoms with Crippen LogP contribution in [0.3, 0.4) is 0 Å². The number of nitrogens with zero attached hydrogens (tertiary/aromatic N) is 6. The molecule has 0 N–H and O–H groups in total. The van der Waals surface area contributed by atoms with Gasteiger partial charge in [-0.2, -0.15) is 5.10 Å². The minimum atomic E-state index is -3.80. The minimum absolute atomic E-state index is 0.0907. The molecule has 0 aliphatic rings. The molecule has 55 heavy (non-hydrogen) atoms. The van der Waals surface area contributed by atoms with E-state index in [2.05, 4.69) is 9.97 Å². The fourth-order valence-electron chi connectivity index (χ4n) is 5.57. The van der Waals surface area contributed by atoms with Crippen LogP contribution in [0.5, 0.6) is 0 Å². The highest BCUT2D eigenvalue weighted by Crippen LogP contribution is 2.32. The van der Waals surface area contributed by atoms with E-state index in [4.69, 9.17) is 33.8 Å². The van der Waals surface area contributed by atoms with Crippen molar-refractivity contribution in [3.8, 4) is 22.5 Å². The number of hydrogen-bond acceptors (Lipinski definition) is 13. The second kappa shape index (κ2) is 20.6. The maximum Gasteiger partial charge on any atom is 0.332 e. The summed E-state index contributed by atoms with van der Waals surface area (Å²) in [6.07, 6.45) is 12.8. The summed E-state index contributed by atoms with van der Waals surface area (Å²) in [6.45, 7) is 9.35. The number of carbonyl (C=O) groups excluding carboxylic acids is 1. The van der Waals surface area contributed by atoms with Crippen LogP contribution < -0.4 is 0 Å². The smallest absolute Gasteiger partial charge is 0.332 e. The quantitative estimate of drug-likeness (QED) is 0.0315. The van der Waals surface area contributed by atoms with Crippen LogP contribution >= 0.6 is 11.8 Å². The molecule has 14 nitrogen and oxygen atoms in total. The lowest BCUT2D eigenvalue weighted by Crippen LogP contribution is -2.27. The fraction of sp³-hybridized carbons (Fsp3) is 0.462. The number of rotatable bonds is 23. The van der Waals surface area contributed by atoms with Gasteiger partial charge in [0.2, 0.25) is 0 Å². The third kappa shape index (κ3) is 12.7. The largest absolute Gasteiger partial charge is 0.458 e. The maximum absolute atomic E-state index is 13.4. The molecule has 0 aliphatic carbocycles. The summed E-state index contributed by atoms with van der Waals surface area (Å²) in [5.74, 6) is -0.390. The van der Waals surface area contributed by atoms with Gasteiger partial charge in [-0.25, -0.2) is 32.1 Å². The zero-order valence-electron chi connectivity index (χ0n) is 31.9. The molecule has 296 valence electrons. The Kier molecular flexibility index (Phi) is 15.8. The summed E-state index contributed by atoms with van der Waals surface area (Å²) in [6, 6.07) is 13.9. The lowest BCUT2D eigenvalue weighted by Gasteiger charge is -2.19. The minimum Gasteiger partial charge on any atom is -0.458 e. The number of aryl methyl sites for hydroxylation is 1. The van der Waals surface area contributed by atoms with Crippen LogP contribution in [-0.2, 0) is 45.0 Å². The van der Waals surface area contributed by atoms with Crippen LogP contribution in [-0.4, -0.2) is 108 Å². The molecular formula is C39H50N6O8S2. The van der Waals surface area contributed by atoms with E-state index in [1.54, 1.807) is 48.8 Å². The van der Waals surface area contributed by atoms with Crippen LogP contribution in [0.25, 0.3) is 33.5 Å². The van der Waals surface area contributed by atoms with Gasteiger partial charge in [-0.05, 0) is 70.2 Å². The number of hydrogen-bond donors (Lipinski definition) is 0. The summed E-state index contributed by atoms with van der Waals surface area (Å²) < 4.78 is 57.0. The third-order valence-corrected chi connectivity index (χ3v) is 10.3. The molecule has 1 aromatic carbocycles. The molecule has 0 fully saturated rings. The average Bonchev–Trinajstić information content (AvgIpc) is 3.81. The predicted molar refractivity (Wildman–Crippen MR) is 210 cm³/mol. The highest BCUT2D eigenvalue weighted by molar-refractivity contribution is 7.98. The van der Waals surface area contributed by atoms with Crippen molar-refractivity contribution in [2.24, 2.45) is 0 Å². The Morgan fingerprint density at radius 2 is 1.53 bits per heavy atom. The first-order valence-electron chi connectivity index (χ1n) is 18.3. The standard InChI is InChI=1S/C39H50N6O8S2/c1-39(2,3)53-35(46)29-52-25-24-51-23-22-50-21-20-49-19-11-6-5-10-17-44-28-33(34-14-16-40-38(42-34)54-4)36(43-44)31-26-30-15-18-45(37(30)41-27-31)55(47,48)32-12-8-7-9-13-32/h7-9,12-16,18,26-28H,5-6,10-11,17,19-25,29H2,1-4H3. The van der Waals surface area contributed by atoms with Gasteiger partial charge in [0.15, 0.2) is 10.8 Å². The van der Waals surface area contributed by atoms with Crippen LogP contribution in [0.2, 0.25) is 0 Å². The van der Waals surface area contributed by atoms with E-state index in [9.17, 15) is 13.2 Å². The van der Waals surface area contributed by atoms with Gasteiger partial charge in [-0.15, -0.1) is 0 Å². The number of ether oxygens (including phenoxy) is 5. The van der Waals surface area contributed by atoms with Crippen LogP contribution in [0.1, 0.15) is 46.5 Å². The lowest BCUT2D eigenvalue weighted by molar-refractivity contribution is -0.160. The van der Waals surface area contributed by atoms with Crippen molar-refractivity contribution >= 4 is 38.8 Å². The van der Waals surface area contributed by atoms with Gasteiger partial charge in [-0.1, -0.05) is 42.8 Å². The van der Waals surface area contributed by atoms with Gasteiger partial charge < -0.3 is 23.7 Å². The van der Waals surface area contributed by atoms with E-state index in [1.165, 1.54) is 21.9 Å². The van der Waals surface area contributed by atoms with Crippen molar-refractivity contribution in [3.63, 3.8) is 0 Å². The van der Waals surface area contributed by atoms with Gasteiger partial charge in [0.25, 0.3) is 10.0 Å². The van der Waals surface area contributed by atoms with E-state index in [0.29, 0.717) is 68.1 Å². The van der Waals surface area contributed by atoms with Crippen LogP contribution in [0.15, 0.2) is 83.4 Å². The molecule has 0 radical (unpaired) electrons. The Hall–Kier alpha value is -4.19. The number of benzene rings is 1. The molecule has 5 rings (SSSR count). The molecule has 0 atom stereocenters. The highest BCUT2D eigenvalue weighted by Gasteiger charge is 2.21.